The van der Waals surface area contributed by atoms with E-state index in [1.807, 2.05) is 0 Å². The van der Waals surface area contributed by atoms with Crippen molar-refractivity contribution in [1.29, 1.82) is 0 Å². The molecule has 0 aliphatic heterocycles. The van der Waals surface area contributed by atoms with Crippen molar-refractivity contribution in [3.63, 3.8) is 0 Å². The third kappa shape index (κ3) is 3.44. The van der Waals surface area contributed by atoms with E-state index in [0.29, 0.717) is 12.5 Å². The van der Waals surface area contributed by atoms with Crippen LogP contribution >= 0.6 is 11.6 Å². The highest BCUT2D eigenvalue weighted by atomic mass is 35.5. The van der Waals surface area contributed by atoms with Crippen LogP contribution in [0.15, 0.2) is 18.2 Å². The second kappa shape index (κ2) is 6.39. The van der Waals surface area contributed by atoms with Gasteiger partial charge in [0.15, 0.2) is 0 Å². The predicted molar refractivity (Wildman–Crippen MR) is 71.1 cm³/mol. The fourth-order valence-electron chi connectivity index (χ4n) is 2.58. The topological polar surface area (TPSA) is 21.3 Å². The van der Waals surface area contributed by atoms with Crippen LogP contribution in [0.25, 0.3) is 0 Å². The lowest BCUT2D eigenvalue weighted by Crippen LogP contribution is -2.11. The van der Waals surface area contributed by atoms with Crippen LogP contribution in [0.5, 0.6) is 0 Å². The monoisotopic (exact) mass is 253 g/mol. The zero-order valence-electron chi connectivity index (χ0n) is 10.3. The maximum Gasteiger partial charge on any atom is 0.0572 e. The van der Waals surface area contributed by atoms with Crippen LogP contribution in [-0.2, 0) is 11.4 Å². The quantitative estimate of drug-likeness (QED) is 0.818. The first-order valence-electron chi connectivity index (χ1n) is 6.35. The number of hydrogen-bond acceptors (Lipinski definition) is 2. The van der Waals surface area contributed by atoms with Gasteiger partial charge in [-0.15, -0.1) is 0 Å². The lowest BCUT2D eigenvalue weighted by atomic mass is 9.84. The lowest BCUT2D eigenvalue weighted by molar-refractivity contribution is 0.0867. The average molecular weight is 254 g/mol. The van der Waals surface area contributed by atoms with E-state index in [2.05, 4.69) is 23.7 Å². The number of halogens is 1. The van der Waals surface area contributed by atoms with Gasteiger partial charge in [0.1, 0.15) is 0 Å². The van der Waals surface area contributed by atoms with E-state index in [-0.39, 0.29) is 0 Å². The van der Waals surface area contributed by atoms with Gasteiger partial charge in [-0.25, -0.2) is 0 Å². The Morgan fingerprint density at radius 2 is 2.06 bits per heavy atom. The van der Waals surface area contributed by atoms with E-state index in [1.165, 1.54) is 37.7 Å². The summed E-state index contributed by atoms with van der Waals surface area (Å²) in [6.07, 6.45) is 6.64. The molecular weight excluding hydrogens is 234 g/mol. The van der Waals surface area contributed by atoms with E-state index in [0.717, 1.165) is 10.6 Å². The molecule has 0 spiro atoms. The van der Waals surface area contributed by atoms with Crippen molar-refractivity contribution in [1.82, 2.24) is 5.48 Å². The third-order valence-electron chi connectivity index (χ3n) is 3.53. The smallest absolute Gasteiger partial charge is 0.0572 e. The Morgan fingerprint density at radius 1 is 1.29 bits per heavy atom. The van der Waals surface area contributed by atoms with E-state index in [1.54, 1.807) is 7.11 Å². The summed E-state index contributed by atoms with van der Waals surface area (Å²) in [6.45, 7) is 0.696. The van der Waals surface area contributed by atoms with Gasteiger partial charge in [0, 0.05) is 11.6 Å². The molecule has 0 saturated heterocycles. The highest BCUT2D eigenvalue weighted by Crippen LogP contribution is 2.36. The minimum atomic E-state index is 0.667. The molecule has 1 aliphatic carbocycles. The molecule has 0 atom stereocenters. The number of benzene rings is 1. The molecule has 1 N–H and O–H groups in total. The van der Waals surface area contributed by atoms with Crippen molar-refractivity contribution in [2.24, 2.45) is 0 Å². The first-order valence-corrected chi connectivity index (χ1v) is 6.73. The SMILES string of the molecule is CONCc1ccc(C2CCCCC2)c(Cl)c1. The summed E-state index contributed by atoms with van der Waals surface area (Å²) in [4.78, 5) is 4.84. The van der Waals surface area contributed by atoms with E-state index in [4.69, 9.17) is 16.4 Å². The molecule has 94 valence electrons. The molecule has 1 aliphatic rings. The molecule has 1 aromatic rings. The molecule has 2 nitrogen and oxygen atoms in total. The summed E-state index contributed by atoms with van der Waals surface area (Å²) < 4.78 is 0. The van der Waals surface area contributed by atoms with Crippen molar-refractivity contribution < 1.29 is 4.84 Å². The predicted octanol–water partition coefficient (Wildman–Crippen LogP) is 4.04. The molecule has 1 fully saturated rings. The zero-order chi connectivity index (χ0) is 12.1. The van der Waals surface area contributed by atoms with Crippen LogP contribution < -0.4 is 5.48 Å². The van der Waals surface area contributed by atoms with Gasteiger partial charge in [-0.2, -0.15) is 5.48 Å². The molecule has 0 amide bonds. The minimum Gasteiger partial charge on any atom is -0.305 e. The zero-order valence-corrected chi connectivity index (χ0v) is 11.1. The number of nitrogens with one attached hydrogen (secondary N) is 1. The Labute approximate surface area is 108 Å². The summed E-state index contributed by atoms with van der Waals surface area (Å²) in [5.74, 6) is 0.667. The van der Waals surface area contributed by atoms with Crippen LogP contribution in [0.1, 0.15) is 49.1 Å². The minimum absolute atomic E-state index is 0.667. The Morgan fingerprint density at radius 3 is 2.71 bits per heavy atom. The third-order valence-corrected chi connectivity index (χ3v) is 3.86. The van der Waals surface area contributed by atoms with Gasteiger partial charge in [-0.3, -0.25) is 0 Å². The average Bonchev–Trinajstić information content (AvgIpc) is 2.37. The summed E-state index contributed by atoms with van der Waals surface area (Å²) in [6, 6.07) is 6.38. The summed E-state index contributed by atoms with van der Waals surface area (Å²) >= 11 is 6.37. The normalized spacial score (nSPS) is 17.3. The maximum absolute atomic E-state index is 6.37. The Kier molecular flexibility index (Phi) is 4.84. The van der Waals surface area contributed by atoms with Crippen molar-refractivity contribution in [3.8, 4) is 0 Å². The molecule has 0 heterocycles. The molecule has 17 heavy (non-hydrogen) atoms. The van der Waals surface area contributed by atoms with Gasteiger partial charge in [0.25, 0.3) is 0 Å². The number of hydrogen-bond donors (Lipinski definition) is 1. The van der Waals surface area contributed by atoms with Crippen LogP contribution in [0, 0.1) is 0 Å². The van der Waals surface area contributed by atoms with Crippen molar-refractivity contribution in [2.75, 3.05) is 7.11 Å². The molecule has 0 unspecified atom stereocenters. The van der Waals surface area contributed by atoms with Gasteiger partial charge in [0.05, 0.1) is 7.11 Å². The summed E-state index contributed by atoms with van der Waals surface area (Å²) in [5.41, 5.74) is 5.32. The van der Waals surface area contributed by atoms with E-state index in [9.17, 15) is 0 Å². The van der Waals surface area contributed by atoms with E-state index >= 15 is 0 Å². The molecule has 3 heteroatoms. The highest BCUT2D eigenvalue weighted by molar-refractivity contribution is 6.31. The maximum atomic E-state index is 6.37. The van der Waals surface area contributed by atoms with Crippen LogP contribution in [0.3, 0.4) is 0 Å². The highest BCUT2D eigenvalue weighted by Gasteiger charge is 2.17. The molecule has 1 saturated carbocycles. The second-order valence-electron chi connectivity index (χ2n) is 4.72. The fourth-order valence-corrected chi connectivity index (χ4v) is 2.94. The lowest BCUT2D eigenvalue weighted by Gasteiger charge is -2.23. The Bertz CT molecular complexity index is 361. The van der Waals surface area contributed by atoms with Crippen LogP contribution in [-0.4, -0.2) is 7.11 Å². The van der Waals surface area contributed by atoms with Crippen molar-refractivity contribution >= 4 is 11.6 Å². The van der Waals surface area contributed by atoms with Crippen LogP contribution in [0.2, 0.25) is 5.02 Å². The Hall–Kier alpha value is -0.570. The number of rotatable bonds is 4. The molecule has 0 bridgehead atoms. The first-order chi connectivity index (χ1) is 8.31. The van der Waals surface area contributed by atoms with Crippen molar-refractivity contribution in [2.45, 2.75) is 44.6 Å². The van der Waals surface area contributed by atoms with E-state index < -0.39 is 0 Å². The number of hydroxylamine groups is 1. The Balaban J connectivity index is 2.07. The van der Waals surface area contributed by atoms with Gasteiger partial charge in [-0.05, 0) is 36.0 Å². The fraction of sp³-hybridized carbons (Fsp3) is 0.571. The van der Waals surface area contributed by atoms with Gasteiger partial charge >= 0.3 is 0 Å². The van der Waals surface area contributed by atoms with Gasteiger partial charge in [0.2, 0.25) is 0 Å². The molecule has 2 rings (SSSR count). The molecule has 0 radical (unpaired) electrons. The molecular formula is C14H20ClNO. The standard InChI is InChI=1S/C14H20ClNO/c1-17-16-10-11-7-8-13(14(15)9-11)12-5-3-2-4-6-12/h7-9,12,16H,2-6,10H2,1H3. The molecule has 1 aromatic carbocycles. The van der Waals surface area contributed by atoms with Gasteiger partial charge in [-0.1, -0.05) is 43.0 Å². The summed E-state index contributed by atoms with van der Waals surface area (Å²) in [5, 5.41) is 0.910. The first kappa shape index (κ1) is 12.9. The largest absolute Gasteiger partial charge is 0.305 e. The van der Waals surface area contributed by atoms with Crippen molar-refractivity contribution in [3.05, 3.63) is 34.3 Å². The van der Waals surface area contributed by atoms with Gasteiger partial charge < -0.3 is 4.84 Å². The van der Waals surface area contributed by atoms with Crippen LogP contribution in [0.4, 0.5) is 0 Å². The molecule has 0 aromatic heterocycles. The summed E-state index contributed by atoms with van der Waals surface area (Å²) in [7, 11) is 1.62. The second-order valence-corrected chi connectivity index (χ2v) is 5.12.